The van der Waals surface area contributed by atoms with Crippen LogP contribution in [-0.4, -0.2) is 50.8 Å². The summed E-state index contributed by atoms with van der Waals surface area (Å²) in [5.74, 6) is 0. The van der Waals surface area contributed by atoms with Gasteiger partial charge in [-0.2, -0.15) is 0 Å². The van der Waals surface area contributed by atoms with E-state index in [0.717, 1.165) is 0 Å². The fourth-order valence-corrected chi connectivity index (χ4v) is 5.01. The van der Waals surface area contributed by atoms with Crippen LogP contribution in [0.15, 0.2) is 143 Å². The molecule has 6 aromatic carbocycles. The van der Waals surface area contributed by atoms with E-state index in [9.17, 15) is 0 Å². The second-order valence-corrected chi connectivity index (χ2v) is 23.3. The second kappa shape index (κ2) is 52.2. The van der Waals surface area contributed by atoms with Crippen molar-refractivity contribution in [2.45, 2.75) is 56.4 Å². The largest absolute Gasteiger partial charge is 0 e. The summed E-state index contributed by atoms with van der Waals surface area (Å²) >= 11 is 3.66. The zero-order valence-electron chi connectivity index (χ0n) is 40.7. The number of hydrogen-bond acceptors (Lipinski definition) is 3. The molecule has 0 saturated carbocycles. The van der Waals surface area contributed by atoms with E-state index in [2.05, 4.69) is 241 Å². The fraction of sp³-hybridized carbons (Fsp3) is 0.280. The molecule has 0 aromatic heterocycles. The van der Waals surface area contributed by atoms with Gasteiger partial charge in [-0.05, 0) is 26.5 Å². The van der Waals surface area contributed by atoms with Crippen molar-refractivity contribution < 1.29 is 104 Å². The monoisotopic (exact) mass is 1440 g/mol. The molecule has 6 aromatic rings. The molecule has 0 saturated heterocycles. The average molecular weight is 1440 g/mol. The van der Waals surface area contributed by atoms with Crippen LogP contribution in [0.2, 0.25) is 14.8 Å². The van der Waals surface area contributed by atoms with E-state index < -0.39 is 19.8 Å². The number of rotatable bonds is 3. The van der Waals surface area contributed by atoms with Gasteiger partial charge in [-0.1, -0.05) is 210 Å². The third kappa shape index (κ3) is 39.4. The van der Waals surface area contributed by atoms with Crippen molar-refractivity contribution in [2.24, 2.45) is 15.3 Å². The molecule has 0 fully saturated rings. The molecule has 0 aliphatic carbocycles. The van der Waals surface area contributed by atoms with Crippen LogP contribution in [0.3, 0.4) is 0 Å². The van der Waals surface area contributed by atoms with Crippen molar-refractivity contribution in [1.82, 2.24) is 0 Å². The van der Waals surface area contributed by atoms with Crippen LogP contribution in [0.5, 0.6) is 0 Å². The average Bonchev–Trinajstić information content (AvgIpc) is 3.29. The van der Waals surface area contributed by atoms with Crippen molar-refractivity contribution in [1.29, 1.82) is 0 Å². The minimum absolute atomic E-state index is 0. The minimum Gasteiger partial charge on any atom is 0 e. The number of nitrogens with zero attached hydrogens (tertiary/aromatic N) is 9. The zero-order chi connectivity index (χ0) is 47.7. The summed E-state index contributed by atoms with van der Waals surface area (Å²) in [7, 11) is 4.17. The van der Waals surface area contributed by atoms with Crippen LogP contribution in [0.25, 0.3) is 64.7 Å². The summed E-state index contributed by atoms with van der Waals surface area (Å²) in [5, 5.41) is 8.75. The van der Waals surface area contributed by atoms with E-state index in [4.69, 9.17) is 16.6 Å². The van der Waals surface area contributed by atoms with Crippen LogP contribution in [0, 0.1) is 59.7 Å². The normalized spacial score (nSPS) is 8.08. The standard InChI is InChI=1S/3C14H13.2CH3I.3CH3N3.3CH3.Sn.3Y.4H2.H/c3*1-11-8-9-14(12(2)10-11)13-6-4-3-5-7-13;2*1-2;3*1-3-4-2;;;;;;;;;;;;/h3*3-8,10H,1-2H3;2*1H3;3*1H3;3*1H3;;;;;4*1H;/q3*-1;;;;;;;;;;;;;;;;;/i;;;2-2;;;;;;;;;;;;;;;;. The molecule has 0 N–H and O–H groups in total. The molecule has 0 spiro atoms. The van der Waals surface area contributed by atoms with Crippen LogP contribution >= 0.6 is 45.2 Å². The molecule has 0 bridgehead atoms. The first-order valence-electron chi connectivity index (χ1n) is 19.5. The smallest absolute Gasteiger partial charge is 0 e. The van der Waals surface area contributed by atoms with Gasteiger partial charge in [0.25, 0.3) is 0 Å². The van der Waals surface area contributed by atoms with Gasteiger partial charge in [0, 0.05) is 140 Å². The molecule has 65 heavy (non-hydrogen) atoms. The zero-order valence-corrected chi connectivity index (χ0v) is 56.8. The van der Waals surface area contributed by atoms with Crippen molar-refractivity contribution >= 4 is 64.9 Å². The maximum Gasteiger partial charge on any atom is 0 e. The Labute approximate surface area is 507 Å². The molecular weight excluding hydrogens is 1360 g/mol. The van der Waals surface area contributed by atoms with Crippen LogP contribution in [-0.2, 0) is 98.1 Å². The fourth-order valence-electron chi connectivity index (χ4n) is 5.01. The molecule has 0 heterocycles. The van der Waals surface area contributed by atoms with E-state index in [1.807, 2.05) is 46.3 Å². The first-order valence-corrected chi connectivity index (χ1v) is 33.7. The molecule has 0 atom stereocenters. The quantitative estimate of drug-likeness (QED) is 0.0316. The molecule has 0 unspecified atom stereocenters. The molecule has 0 amide bonds. The first kappa shape index (κ1) is 75.3. The third-order valence-electron chi connectivity index (χ3n) is 7.30. The molecular formula is C50H72I2N9SnY3-3. The van der Waals surface area contributed by atoms with Gasteiger partial charge in [-0.3, -0.25) is 0 Å². The second-order valence-electron chi connectivity index (χ2n) is 13.4. The van der Waals surface area contributed by atoms with E-state index in [-0.39, 0.29) is 104 Å². The summed E-state index contributed by atoms with van der Waals surface area (Å²) < 4.78 is 0. The Morgan fingerprint density at radius 2 is 0.631 bits per heavy atom. The Kier molecular flexibility index (Phi) is 60.5. The minimum atomic E-state index is -0.637. The summed E-state index contributed by atoms with van der Waals surface area (Å²) in [5.41, 5.74) is 37.0. The van der Waals surface area contributed by atoms with Gasteiger partial charge in [-0.15, -0.1) is 105 Å². The first-order chi connectivity index (χ1) is 29.8. The van der Waals surface area contributed by atoms with Crippen LogP contribution < -0.4 is 0 Å². The molecule has 0 aliphatic heterocycles. The Bertz CT molecular complexity index is 1980. The van der Waals surface area contributed by atoms with Crippen LogP contribution in [0.1, 0.15) is 39.1 Å². The predicted octanol–water partition coefficient (Wildman–Crippen LogP) is 18.3. The van der Waals surface area contributed by atoms with Gasteiger partial charge in [0.05, 0.1) is 0 Å². The SMILES string of the molecule is CI.CN=[N+]=[N-].CN=[N+]=[N-].CN=[N+]=[N-].C[125I].Cc1c[c-]c(-c2ccccc2)c(C)c1.Cc1c[c-]c(-c2ccccc2)c(C)c1.Cc1c[c-]c(-c2ccccc2)c(C)c1.[CH3][SnH]([CH3])[CH3].[HH].[HH].[HH].[HH].[Y].[Y].[Y]. The van der Waals surface area contributed by atoms with Gasteiger partial charge >= 0.3 is 34.6 Å². The predicted molar refractivity (Wildman–Crippen MR) is 299 cm³/mol. The molecule has 15 heteroatoms. The molecule has 6 rings (SSSR count). The molecule has 347 valence electrons. The molecule has 9 nitrogen and oxygen atoms in total. The van der Waals surface area contributed by atoms with E-state index in [1.165, 1.54) is 87.9 Å². The maximum atomic E-state index is 7.33. The topological polar surface area (TPSA) is 146 Å². The van der Waals surface area contributed by atoms with Gasteiger partial charge in [0.1, 0.15) is 0 Å². The Morgan fingerprint density at radius 1 is 0.462 bits per heavy atom. The van der Waals surface area contributed by atoms with Gasteiger partial charge in [0.15, 0.2) is 0 Å². The number of aryl methyl sites for hydroxylation is 6. The van der Waals surface area contributed by atoms with Gasteiger partial charge < -0.3 is 0 Å². The molecule has 3 radical (unpaired) electrons. The summed E-state index contributed by atoms with van der Waals surface area (Å²) in [4.78, 5) is 18.2. The Hall–Kier alpha value is -1.18. The Morgan fingerprint density at radius 3 is 0.769 bits per heavy atom. The van der Waals surface area contributed by atoms with Crippen molar-refractivity contribution in [2.75, 3.05) is 31.0 Å². The van der Waals surface area contributed by atoms with Crippen LogP contribution in [0.4, 0.5) is 0 Å². The van der Waals surface area contributed by atoms with Crippen molar-refractivity contribution in [3.05, 3.63) is 210 Å². The van der Waals surface area contributed by atoms with Crippen molar-refractivity contribution in [3.63, 3.8) is 0 Å². The van der Waals surface area contributed by atoms with E-state index >= 15 is 0 Å². The van der Waals surface area contributed by atoms with Gasteiger partial charge in [-0.25, -0.2) is 0 Å². The summed E-state index contributed by atoms with van der Waals surface area (Å²) in [6, 6.07) is 53.8. The summed E-state index contributed by atoms with van der Waals surface area (Å²) in [6.07, 6.45) is 0. The number of azide groups is 3. The number of halogens is 2. The third-order valence-corrected chi connectivity index (χ3v) is 7.30. The summed E-state index contributed by atoms with van der Waals surface area (Å²) in [6.45, 7) is 12.7. The number of benzene rings is 6. The number of alkyl halides is 2. The maximum absolute atomic E-state index is 7.33. The van der Waals surface area contributed by atoms with E-state index in [0.29, 0.717) is 0 Å². The van der Waals surface area contributed by atoms with E-state index in [1.54, 1.807) is 0 Å². The van der Waals surface area contributed by atoms with Gasteiger partial charge in [0.2, 0.25) is 0 Å². The molecule has 0 aliphatic rings. The number of hydrogen-bond donors (Lipinski definition) is 0. The van der Waals surface area contributed by atoms with Crippen molar-refractivity contribution in [3.8, 4) is 33.4 Å². The Balaban J connectivity index is -0.0000000762.